The van der Waals surface area contributed by atoms with E-state index >= 15 is 0 Å². The number of benzene rings is 1. The average molecular weight is 771 g/mol. The lowest BCUT2D eigenvalue weighted by atomic mass is 9.52. The Hall–Kier alpha value is -4.24. The fourth-order valence-corrected chi connectivity index (χ4v) is 9.77. The van der Waals surface area contributed by atoms with Crippen LogP contribution in [-0.4, -0.2) is 101 Å². The van der Waals surface area contributed by atoms with Gasteiger partial charge in [0.25, 0.3) is 5.91 Å². The zero-order valence-electron chi connectivity index (χ0n) is 33.2. The molecule has 7 rings (SSSR count). The number of fused-ring (bicyclic) bond motifs is 3. The van der Waals surface area contributed by atoms with Crippen LogP contribution in [0.2, 0.25) is 0 Å². The highest BCUT2D eigenvalue weighted by Gasteiger charge is 2.53. The van der Waals surface area contributed by atoms with E-state index in [2.05, 4.69) is 88.6 Å². The van der Waals surface area contributed by atoms with E-state index in [1.165, 1.54) is 10.4 Å². The predicted octanol–water partition coefficient (Wildman–Crippen LogP) is 6.05. The maximum Gasteiger partial charge on any atom is 0.254 e. The third kappa shape index (κ3) is 8.62. The lowest BCUT2D eigenvalue weighted by Crippen LogP contribution is -2.63. The molecule has 5 heterocycles. The minimum absolute atomic E-state index is 0.0898. The fraction of sp³-hybridized carbons (Fsp3) is 0.561. The van der Waals surface area contributed by atoms with Crippen LogP contribution in [0, 0.1) is 31.6 Å². The van der Waals surface area contributed by atoms with Crippen LogP contribution >= 0.6 is 11.3 Å². The summed E-state index contributed by atoms with van der Waals surface area (Å²) in [6, 6.07) is 8.23. The number of nitrogens with zero attached hydrogens (tertiary/aromatic N) is 7. The number of anilines is 1. The molecule has 2 aliphatic heterocycles. The van der Waals surface area contributed by atoms with Crippen LogP contribution in [0.3, 0.4) is 0 Å². The summed E-state index contributed by atoms with van der Waals surface area (Å²) < 4.78 is 25.6. The van der Waals surface area contributed by atoms with Crippen LogP contribution in [0.1, 0.15) is 90.5 Å². The van der Waals surface area contributed by atoms with Crippen LogP contribution in [-0.2, 0) is 20.8 Å². The molecule has 2 fully saturated rings. The molecule has 0 atom stereocenters. The van der Waals surface area contributed by atoms with E-state index in [0.717, 1.165) is 71.6 Å². The summed E-state index contributed by atoms with van der Waals surface area (Å²) in [4.78, 5) is 30.3. The highest BCUT2D eigenvalue weighted by atomic mass is 32.1. The van der Waals surface area contributed by atoms with E-state index in [9.17, 15) is 4.79 Å². The number of carbonyl (C=O) groups excluding carboxylic acids is 1. The molecule has 0 spiro atoms. The molecule has 4 aromatic rings. The van der Waals surface area contributed by atoms with E-state index in [1.807, 2.05) is 19.1 Å². The summed E-state index contributed by atoms with van der Waals surface area (Å²) in [5.41, 5.74) is 5.08. The van der Waals surface area contributed by atoms with Gasteiger partial charge in [-0.3, -0.25) is 14.4 Å². The maximum absolute atomic E-state index is 12.9. The van der Waals surface area contributed by atoms with Crippen molar-refractivity contribution in [3.8, 4) is 10.8 Å². The summed E-state index contributed by atoms with van der Waals surface area (Å²) in [5, 5.41) is 13.0. The Balaban J connectivity index is 0.744. The lowest BCUT2D eigenvalue weighted by molar-refractivity contribution is -0.0366. The zero-order valence-corrected chi connectivity index (χ0v) is 34.0. The molecule has 3 aromatic heterocycles. The van der Waals surface area contributed by atoms with Gasteiger partial charge in [0, 0.05) is 47.5 Å². The third-order valence-corrected chi connectivity index (χ3v) is 12.2. The molecule has 13 nitrogen and oxygen atoms in total. The predicted molar refractivity (Wildman–Crippen MR) is 213 cm³/mol. The molecule has 1 amide bonds. The first kappa shape index (κ1) is 39.0. The molecule has 1 aromatic carbocycles. The highest BCUT2D eigenvalue weighted by Crippen LogP contribution is 2.53. The average Bonchev–Trinajstić information content (AvgIpc) is 3.62. The topological polar surface area (TPSA) is 138 Å². The number of thiophene rings is 1. The van der Waals surface area contributed by atoms with Gasteiger partial charge in [-0.05, 0) is 80.7 Å². The molecule has 3 aliphatic rings. The van der Waals surface area contributed by atoms with Gasteiger partial charge in [0.1, 0.15) is 29.7 Å². The molecule has 55 heavy (non-hydrogen) atoms. The number of aromatic nitrogens is 5. The third-order valence-electron chi connectivity index (χ3n) is 11.0. The molecule has 14 heteroatoms. The van der Waals surface area contributed by atoms with Crippen molar-refractivity contribution in [2.45, 2.75) is 86.4 Å². The van der Waals surface area contributed by atoms with E-state index in [4.69, 9.17) is 23.9 Å². The maximum atomic E-state index is 12.9. The van der Waals surface area contributed by atoms with E-state index in [-0.39, 0.29) is 28.9 Å². The van der Waals surface area contributed by atoms with Crippen molar-refractivity contribution < 1.29 is 23.7 Å². The van der Waals surface area contributed by atoms with Gasteiger partial charge < -0.3 is 29.2 Å². The molecular weight excluding hydrogens is 717 g/mol. The number of ether oxygens (including phenoxy) is 4. The van der Waals surface area contributed by atoms with Gasteiger partial charge >= 0.3 is 0 Å². The number of rotatable bonds is 15. The van der Waals surface area contributed by atoms with Crippen LogP contribution < -0.4 is 15.0 Å². The molecule has 0 unspecified atom stereocenters. The summed E-state index contributed by atoms with van der Waals surface area (Å²) in [7, 11) is 0. The summed E-state index contributed by atoms with van der Waals surface area (Å²) >= 11 is 1.76. The van der Waals surface area contributed by atoms with E-state index < -0.39 is 0 Å². The van der Waals surface area contributed by atoms with E-state index in [1.54, 1.807) is 23.7 Å². The number of nitrogens with one attached hydrogen (secondary N) is 1. The summed E-state index contributed by atoms with van der Waals surface area (Å²) in [5.74, 6) is 3.06. The van der Waals surface area contributed by atoms with Crippen molar-refractivity contribution in [3.63, 3.8) is 0 Å². The highest BCUT2D eigenvalue weighted by molar-refractivity contribution is 7.15. The van der Waals surface area contributed by atoms with Crippen molar-refractivity contribution in [3.05, 3.63) is 75.4 Å². The quantitative estimate of drug-likeness (QED) is 0.142. The number of piperidine rings is 1. The van der Waals surface area contributed by atoms with Gasteiger partial charge in [0.05, 0.1) is 50.4 Å². The molecule has 1 aliphatic carbocycles. The standard InChI is InChI=1S/C41H54N8O5S/c1-26-27(2)55-37-34(26)35(42-24-33-47-46-28(3)49(33)37)29-8-10-31(11-9-29)53-20-18-51-16-17-52-19-21-54-32-12-14-48(15-13-32)39-43-22-30(23-44-39)36(50)45-38-40(4,5)25-41(38,6)7/h8-11,22-23,32,38H,12-21,24-25H2,1-7H3,(H,45,50). The summed E-state index contributed by atoms with van der Waals surface area (Å²) in [6.45, 7) is 20.2. The van der Waals surface area contributed by atoms with Gasteiger partial charge in [-0.15, -0.1) is 21.5 Å². The van der Waals surface area contributed by atoms with Gasteiger partial charge in [-0.1, -0.05) is 27.7 Å². The first-order valence-corrected chi connectivity index (χ1v) is 20.2. The van der Waals surface area contributed by atoms with Gasteiger partial charge in [0.2, 0.25) is 5.95 Å². The molecule has 294 valence electrons. The van der Waals surface area contributed by atoms with Crippen LogP contribution in [0.25, 0.3) is 5.00 Å². The minimum Gasteiger partial charge on any atom is -0.491 e. The number of carbonyl (C=O) groups is 1. The van der Waals surface area contributed by atoms with Crippen LogP contribution in [0.15, 0.2) is 41.7 Å². The second-order valence-electron chi connectivity index (χ2n) is 16.1. The monoisotopic (exact) mass is 770 g/mol. The van der Waals surface area contributed by atoms with Crippen LogP contribution in [0.5, 0.6) is 5.75 Å². The Morgan fingerprint density at radius 3 is 2.22 bits per heavy atom. The second kappa shape index (κ2) is 16.5. The Morgan fingerprint density at radius 2 is 1.55 bits per heavy atom. The van der Waals surface area contributed by atoms with E-state index in [0.29, 0.717) is 57.7 Å². The number of hydrogen-bond acceptors (Lipinski definition) is 12. The minimum atomic E-state index is -0.113. The largest absolute Gasteiger partial charge is 0.491 e. The summed E-state index contributed by atoms with van der Waals surface area (Å²) in [6.07, 6.45) is 6.30. The smallest absolute Gasteiger partial charge is 0.254 e. The lowest BCUT2D eigenvalue weighted by Gasteiger charge is -2.57. The fourth-order valence-electron chi connectivity index (χ4n) is 8.54. The molecular formula is C41H54N8O5S. The molecule has 1 saturated carbocycles. The number of aliphatic imine (C=N–C) groups is 1. The van der Waals surface area contributed by atoms with Gasteiger partial charge in [-0.25, -0.2) is 9.97 Å². The van der Waals surface area contributed by atoms with Crippen molar-refractivity contribution in [2.75, 3.05) is 57.6 Å². The van der Waals surface area contributed by atoms with Crippen molar-refractivity contribution >= 4 is 28.9 Å². The van der Waals surface area contributed by atoms with Crippen molar-refractivity contribution in [1.29, 1.82) is 0 Å². The number of hydrogen-bond donors (Lipinski definition) is 1. The second-order valence-corrected chi connectivity index (χ2v) is 17.3. The Labute approximate surface area is 327 Å². The molecule has 1 N–H and O–H groups in total. The number of amides is 1. The first-order chi connectivity index (χ1) is 26.4. The normalized spacial score (nSPS) is 17.9. The molecule has 0 radical (unpaired) electrons. The van der Waals surface area contributed by atoms with Crippen molar-refractivity contribution in [1.82, 2.24) is 30.0 Å². The van der Waals surface area contributed by atoms with Gasteiger partial charge in [-0.2, -0.15) is 0 Å². The molecule has 1 saturated heterocycles. The van der Waals surface area contributed by atoms with Crippen molar-refractivity contribution in [2.24, 2.45) is 15.8 Å². The van der Waals surface area contributed by atoms with Crippen LogP contribution in [0.4, 0.5) is 5.95 Å². The Bertz CT molecular complexity index is 1970. The Kier molecular flexibility index (Phi) is 11.7. The van der Waals surface area contributed by atoms with Gasteiger partial charge in [0.15, 0.2) is 5.82 Å². The molecule has 0 bridgehead atoms. The zero-order chi connectivity index (χ0) is 38.7. The SMILES string of the molecule is Cc1sc2c(c1C)C(c1ccc(OCCOCCOCCOC3CCN(c4ncc(C(=O)NC5C(C)(C)CC5(C)C)cn4)CC3)cc1)=NCc1nnc(C)n1-2. The Morgan fingerprint density at radius 1 is 0.891 bits per heavy atom. The first-order valence-electron chi connectivity index (χ1n) is 19.4. The number of aryl methyl sites for hydroxylation is 2.